The van der Waals surface area contributed by atoms with Crippen molar-refractivity contribution in [3.63, 3.8) is 0 Å². The predicted octanol–water partition coefficient (Wildman–Crippen LogP) is 1.08. The van der Waals surface area contributed by atoms with Crippen LogP contribution in [0.25, 0.3) is 0 Å². The van der Waals surface area contributed by atoms with Crippen molar-refractivity contribution in [2.45, 2.75) is 13.8 Å². The molecule has 2 N–H and O–H groups in total. The van der Waals surface area contributed by atoms with Gasteiger partial charge in [0.1, 0.15) is 5.82 Å². The maximum Gasteiger partial charge on any atom is 0.141 e. The van der Waals surface area contributed by atoms with E-state index in [9.17, 15) is 0 Å². The molecule has 3 nitrogen and oxygen atoms in total. The van der Waals surface area contributed by atoms with Crippen molar-refractivity contribution in [2.24, 2.45) is 0 Å². The SMILES string of the molecule is CC.Nc1cnccn1. The monoisotopic (exact) mass is 125 g/mol. The summed E-state index contributed by atoms with van der Waals surface area (Å²) in [5.74, 6) is 0.461. The summed E-state index contributed by atoms with van der Waals surface area (Å²) in [6, 6.07) is 0. The van der Waals surface area contributed by atoms with E-state index in [2.05, 4.69) is 9.97 Å². The Labute approximate surface area is 54.9 Å². The molecule has 0 radical (unpaired) electrons. The molecule has 0 fully saturated rings. The molecule has 0 bridgehead atoms. The maximum atomic E-state index is 5.18. The highest BCUT2D eigenvalue weighted by Crippen LogP contribution is 1.84. The van der Waals surface area contributed by atoms with Crippen LogP contribution in [-0.2, 0) is 0 Å². The van der Waals surface area contributed by atoms with Crippen LogP contribution in [0.15, 0.2) is 18.6 Å². The van der Waals surface area contributed by atoms with Crippen LogP contribution in [0.4, 0.5) is 5.82 Å². The fourth-order valence-electron chi connectivity index (χ4n) is 0.311. The Hall–Kier alpha value is -1.12. The lowest BCUT2D eigenvalue weighted by molar-refractivity contribution is 1.21. The topological polar surface area (TPSA) is 51.8 Å². The third-order valence-electron chi connectivity index (χ3n) is 0.583. The predicted molar refractivity (Wildman–Crippen MR) is 37.8 cm³/mol. The lowest BCUT2D eigenvalue weighted by Gasteiger charge is -1.82. The van der Waals surface area contributed by atoms with Crippen molar-refractivity contribution in [1.82, 2.24) is 9.97 Å². The van der Waals surface area contributed by atoms with Crippen LogP contribution in [-0.4, -0.2) is 9.97 Å². The Morgan fingerprint density at radius 3 is 2.22 bits per heavy atom. The van der Waals surface area contributed by atoms with Crippen molar-refractivity contribution in [3.8, 4) is 0 Å². The zero-order valence-electron chi connectivity index (χ0n) is 5.70. The van der Waals surface area contributed by atoms with Crippen molar-refractivity contribution in [2.75, 3.05) is 5.73 Å². The van der Waals surface area contributed by atoms with Crippen molar-refractivity contribution in [1.29, 1.82) is 0 Å². The summed E-state index contributed by atoms with van der Waals surface area (Å²) >= 11 is 0. The van der Waals surface area contributed by atoms with Crippen LogP contribution < -0.4 is 5.73 Å². The molecule has 0 saturated carbocycles. The van der Waals surface area contributed by atoms with Gasteiger partial charge >= 0.3 is 0 Å². The Morgan fingerprint density at radius 1 is 1.33 bits per heavy atom. The summed E-state index contributed by atoms with van der Waals surface area (Å²) in [5, 5.41) is 0. The first-order chi connectivity index (χ1) is 4.39. The molecule has 0 amide bonds. The van der Waals surface area contributed by atoms with E-state index in [-0.39, 0.29) is 0 Å². The first-order valence-corrected chi connectivity index (χ1v) is 2.91. The molecule has 0 spiro atoms. The largest absolute Gasteiger partial charge is 0.382 e. The number of nitrogens with two attached hydrogens (primary N) is 1. The van der Waals surface area contributed by atoms with Crippen LogP contribution in [0.2, 0.25) is 0 Å². The molecule has 9 heavy (non-hydrogen) atoms. The molecule has 1 heterocycles. The average Bonchev–Trinajstić information content (AvgIpc) is 1.94. The van der Waals surface area contributed by atoms with Crippen molar-refractivity contribution < 1.29 is 0 Å². The first-order valence-electron chi connectivity index (χ1n) is 2.91. The molecule has 50 valence electrons. The van der Waals surface area contributed by atoms with Gasteiger partial charge in [0.05, 0.1) is 6.20 Å². The molecule has 0 aromatic carbocycles. The number of hydrogen-bond acceptors (Lipinski definition) is 3. The zero-order chi connectivity index (χ0) is 7.11. The summed E-state index contributed by atoms with van der Waals surface area (Å²) < 4.78 is 0. The normalized spacial score (nSPS) is 7.33. The Kier molecular flexibility index (Phi) is 4.40. The van der Waals surface area contributed by atoms with Gasteiger partial charge in [-0.05, 0) is 0 Å². The highest BCUT2D eigenvalue weighted by atomic mass is 14.9. The minimum Gasteiger partial charge on any atom is -0.382 e. The minimum atomic E-state index is 0.461. The molecule has 1 aromatic rings. The maximum absolute atomic E-state index is 5.18. The molecule has 0 aliphatic rings. The van der Waals surface area contributed by atoms with Gasteiger partial charge in [0.2, 0.25) is 0 Å². The summed E-state index contributed by atoms with van der Waals surface area (Å²) in [4.78, 5) is 7.39. The van der Waals surface area contributed by atoms with Gasteiger partial charge in [0.15, 0.2) is 0 Å². The van der Waals surface area contributed by atoms with Crippen LogP contribution >= 0.6 is 0 Å². The Morgan fingerprint density at radius 2 is 2.00 bits per heavy atom. The smallest absolute Gasteiger partial charge is 0.141 e. The third kappa shape index (κ3) is 3.46. The van der Waals surface area contributed by atoms with E-state index in [1.54, 1.807) is 12.4 Å². The lowest BCUT2D eigenvalue weighted by Crippen LogP contribution is -1.87. The fourth-order valence-corrected chi connectivity index (χ4v) is 0.311. The molecule has 1 rings (SSSR count). The number of nitrogens with zero attached hydrogens (tertiary/aromatic N) is 2. The molecule has 0 atom stereocenters. The van der Waals surface area contributed by atoms with Gasteiger partial charge in [-0.1, -0.05) is 13.8 Å². The van der Waals surface area contributed by atoms with Gasteiger partial charge in [-0.3, -0.25) is 4.98 Å². The second-order valence-corrected chi connectivity index (χ2v) is 1.13. The van der Waals surface area contributed by atoms with E-state index in [4.69, 9.17) is 5.73 Å². The minimum absolute atomic E-state index is 0.461. The fraction of sp³-hybridized carbons (Fsp3) is 0.333. The van der Waals surface area contributed by atoms with E-state index in [1.807, 2.05) is 13.8 Å². The van der Waals surface area contributed by atoms with E-state index in [1.165, 1.54) is 6.20 Å². The van der Waals surface area contributed by atoms with Gasteiger partial charge in [-0.2, -0.15) is 0 Å². The average molecular weight is 125 g/mol. The van der Waals surface area contributed by atoms with Crippen LogP contribution in [0, 0.1) is 0 Å². The van der Waals surface area contributed by atoms with Crippen LogP contribution in [0.1, 0.15) is 13.8 Å². The molecular weight excluding hydrogens is 114 g/mol. The Balaban J connectivity index is 0.000000291. The van der Waals surface area contributed by atoms with E-state index < -0.39 is 0 Å². The quantitative estimate of drug-likeness (QED) is 0.564. The highest BCUT2D eigenvalue weighted by molar-refractivity contribution is 5.20. The molecule has 0 aliphatic heterocycles. The molecular formula is C6H11N3. The van der Waals surface area contributed by atoms with Crippen LogP contribution in [0.5, 0.6) is 0 Å². The van der Waals surface area contributed by atoms with E-state index in [0.717, 1.165) is 0 Å². The molecule has 3 heteroatoms. The molecule has 0 unspecified atom stereocenters. The van der Waals surface area contributed by atoms with Crippen molar-refractivity contribution in [3.05, 3.63) is 18.6 Å². The Bertz CT molecular complexity index is 138. The van der Waals surface area contributed by atoms with E-state index in [0.29, 0.717) is 5.82 Å². The number of rotatable bonds is 0. The second-order valence-electron chi connectivity index (χ2n) is 1.13. The number of nitrogen functional groups attached to an aromatic ring is 1. The van der Waals surface area contributed by atoms with Gasteiger partial charge in [-0.15, -0.1) is 0 Å². The molecule has 1 aromatic heterocycles. The van der Waals surface area contributed by atoms with E-state index >= 15 is 0 Å². The van der Waals surface area contributed by atoms with Gasteiger partial charge in [-0.25, -0.2) is 4.98 Å². The molecule has 0 aliphatic carbocycles. The number of hydrogen-bond donors (Lipinski definition) is 1. The van der Waals surface area contributed by atoms with Gasteiger partial charge < -0.3 is 5.73 Å². The second kappa shape index (κ2) is 5.03. The standard InChI is InChI=1S/C4H5N3.C2H6/c5-4-3-6-1-2-7-4;1-2/h1-3H,(H2,5,7);1-2H3. The highest BCUT2D eigenvalue weighted by Gasteiger charge is 1.74. The zero-order valence-corrected chi connectivity index (χ0v) is 5.70. The molecule has 0 saturated heterocycles. The summed E-state index contributed by atoms with van der Waals surface area (Å²) in [6.45, 7) is 4.00. The summed E-state index contributed by atoms with van der Waals surface area (Å²) in [6.07, 6.45) is 4.63. The van der Waals surface area contributed by atoms with Crippen LogP contribution in [0.3, 0.4) is 0 Å². The number of aromatic nitrogens is 2. The van der Waals surface area contributed by atoms with Gasteiger partial charge in [0.25, 0.3) is 0 Å². The van der Waals surface area contributed by atoms with Crippen molar-refractivity contribution >= 4 is 5.82 Å². The summed E-state index contributed by atoms with van der Waals surface area (Å²) in [5.41, 5.74) is 5.18. The number of anilines is 1. The van der Waals surface area contributed by atoms with Gasteiger partial charge in [0, 0.05) is 12.4 Å². The third-order valence-corrected chi connectivity index (χ3v) is 0.583. The summed E-state index contributed by atoms with van der Waals surface area (Å²) in [7, 11) is 0. The first kappa shape index (κ1) is 7.88. The lowest BCUT2D eigenvalue weighted by atomic mass is 10.7.